The van der Waals surface area contributed by atoms with Gasteiger partial charge in [0, 0.05) is 11.5 Å². The first-order valence-electron chi connectivity index (χ1n) is 15.9. The lowest BCUT2D eigenvalue weighted by atomic mass is 9.79. The maximum absolute atomic E-state index is 12.8. The molecule has 1 aliphatic rings. The van der Waals surface area contributed by atoms with Crippen LogP contribution < -0.4 is 10.1 Å². The summed E-state index contributed by atoms with van der Waals surface area (Å²) in [5, 5.41) is 14.4. The van der Waals surface area contributed by atoms with Gasteiger partial charge < -0.3 is 24.5 Å². The number of ether oxygens (including phenoxy) is 2. The summed E-state index contributed by atoms with van der Waals surface area (Å²) in [6.07, 6.45) is 6.89. The molecule has 0 fully saturated rings. The quantitative estimate of drug-likeness (QED) is 0.129. The van der Waals surface area contributed by atoms with Gasteiger partial charge in [-0.15, -0.1) is 0 Å². The molecule has 240 valence electrons. The zero-order chi connectivity index (χ0) is 32.9. The highest BCUT2D eigenvalue weighted by molar-refractivity contribution is 6.06. The monoisotopic (exact) mass is 637 g/mol. The number of nitrogens with one attached hydrogen (secondary N) is 1. The minimum Gasteiger partial charge on any atom is -0.497 e. The number of imidazole rings is 1. The normalized spacial score (nSPS) is 17.7. The van der Waals surface area contributed by atoms with E-state index >= 15 is 0 Å². The van der Waals surface area contributed by atoms with Crippen molar-refractivity contribution in [2.45, 2.75) is 24.2 Å². The van der Waals surface area contributed by atoms with Crippen molar-refractivity contribution in [3.8, 4) is 5.75 Å². The summed E-state index contributed by atoms with van der Waals surface area (Å²) in [5.41, 5.74) is 3.54. The van der Waals surface area contributed by atoms with Crippen LogP contribution in [0.1, 0.15) is 39.5 Å². The molecule has 9 heteroatoms. The number of allylic oxidation sites excluding steroid dienone is 1. The van der Waals surface area contributed by atoms with Crippen molar-refractivity contribution in [2.24, 2.45) is 5.92 Å². The topological polar surface area (TPSA) is 111 Å². The minimum absolute atomic E-state index is 0.205. The van der Waals surface area contributed by atoms with Gasteiger partial charge in [0.05, 0.1) is 32.2 Å². The average molecular weight is 638 g/mol. The zero-order valence-electron chi connectivity index (χ0n) is 26.4. The van der Waals surface area contributed by atoms with Crippen LogP contribution in [0.4, 0.5) is 5.82 Å². The standard InChI is InChI=1S/C39H35N5O4/c1-47-33-21-18-31(19-22-33)39(29-13-7-3-8-14-29,30-15-9-4-10-16-30)48-24-28-17-20-32(23-34(28)45)44-26-42-35-36(40-25-41-37(35)44)43-38(46)27-11-5-2-6-12-27/h2-22,25-26,28,32,34,45H,23-24H2,1H3,(H,40,41,43,46)/t28-,32-,34+/m1/s1. The van der Waals surface area contributed by atoms with Gasteiger partial charge in [0.15, 0.2) is 17.0 Å². The molecule has 2 N–H and O–H groups in total. The van der Waals surface area contributed by atoms with Crippen LogP contribution >= 0.6 is 0 Å². The minimum atomic E-state index is -0.933. The molecule has 6 aromatic rings. The number of hydrogen-bond acceptors (Lipinski definition) is 7. The first-order valence-corrected chi connectivity index (χ1v) is 15.9. The van der Waals surface area contributed by atoms with Crippen LogP contribution in [0.5, 0.6) is 5.75 Å². The Morgan fingerprint density at radius 1 is 0.833 bits per heavy atom. The fraction of sp³-hybridized carbons (Fsp3) is 0.179. The molecule has 4 aromatic carbocycles. The van der Waals surface area contributed by atoms with Gasteiger partial charge in [-0.1, -0.05) is 103 Å². The maximum Gasteiger partial charge on any atom is 0.256 e. The van der Waals surface area contributed by atoms with E-state index in [0.29, 0.717) is 29.0 Å². The second-order valence-corrected chi connectivity index (χ2v) is 11.7. The van der Waals surface area contributed by atoms with Gasteiger partial charge in [0.1, 0.15) is 17.7 Å². The van der Waals surface area contributed by atoms with Crippen molar-refractivity contribution in [1.82, 2.24) is 19.5 Å². The summed E-state index contributed by atoms with van der Waals surface area (Å²) in [6, 6.07) is 37.0. The van der Waals surface area contributed by atoms with Crippen molar-refractivity contribution < 1.29 is 19.4 Å². The van der Waals surface area contributed by atoms with Crippen molar-refractivity contribution in [3.63, 3.8) is 0 Å². The first kappa shape index (κ1) is 31.0. The van der Waals surface area contributed by atoms with Crippen LogP contribution in [-0.4, -0.2) is 50.4 Å². The molecular weight excluding hydrogens is 602 g/mol. The SMILES string of the molecule is COc1ccc(C(OC[C@H]2C=C[C@@H](n3cnc4c(NC(=O)c5ccccc5)ncnc43)C[C@@H]2O)(c2ccccc2)c2ccccc2)cc1. The van der Waals surface area contributed by atoms with E-state index in [0.717, 1.165) is 22.4 Å². The molecule has 0 saturated heterocycles. The molecule has 3 atom stereocenters. The maximum atomic E-state index is 12.8. The highest BCUT2D eigenvalue weighted by Gasteiger charge is 2.39. The van der Waals surface area contributed by atoms with Gasteiger partial charge in [-0.05, 0) is 47.4 Å². The smallest absolute Gasteiger partial charge is 0.256 e. The number of aliphatic hydroxyl groups excluding tert-OH is 1. The van der Waals surface area contributed by atoms with E-state index in [1.54, 1.807) is 37.7 Å². The van der Waals surface area contributed by atoms with Gasteiger partial charge in [0.25, 0.3) is 5.91 Å². The molecule has 1 amide bonds. The molecule has 2 aromatic heterocycles. The number of aromatic nitrogens is 4. The van der Waals surface area contributed by atoms with Gasteiger partial charge in [0.2, 0.25) is 0 Å². The summed E-state index contributed by atoms with van der Waals surface area (Å²) in [5.74, 6) is 0.540. The van der Waals surface area contributed by atoms with Crippen molar-refractivity contribution in [1.29, 1.82) is 0 Å². The molecule has 1 aliphatic carbocycles. The number of carbonyl (C=O) groups excluding carboxylic acids is 1. The second-order valence-electron chi connectivity index (χ2n) is 11.7. The van der Waals surface area contributed by atoms with Crippen LogP contribution in [0.15, 0.2) is 140 Å². The third-order valence-electron chi connectivity index (χ3n) is 8.89. The third-order valence-corrected chi connectivity index (χ3v) is 8.89. The van der Waals surface area contributed by atoms with E-state index in [-0.39, 0.29) is 24.5 Å². The number of anilines is 1. The molecule has 0 unspecified atom stereocenters. The summed E-state index contributed by atoms with van der Waals surface area (Å²) < 4.78 is 14.4. The fourth-order valence-corrected chi connectivity index (χ4v) is 6.37. The molecule has 0 saturated carbocycles. The number of aliphatic hydroxyl groups is 1. The summed E-state index contributed by atoms with van der Waals surface area (Å²) in [7, 11) is 1.65. The Hall–Kier alpha value is -5.64. The molecule has 2 heterocycles. The predicted octanol–water partition coefficient (Wildman–Crippen LogP) is 6.57. The molecule has 0 spiro atoms. The van der Waals surface area contributed by atoms with E-state index in [9.17, 15) is 9.90 Å². The molecule has 48 heavy (non-hydrogen) atoms. The Kier molecular flexibility index (Phi) is 8.78. The first-order chi connectivity index (χ1) is 23.6. The number of fused-ring (bicyclic) bond motifs is 1. The highest BCUT2D eigenvalue weighted by Crippen LogP contribution is 2.42. The van der Waals surface area contributed by atoms with Crippen LogP contribution in [0.25, 0.3) is 11.2 Å². The van der Waals surface area contributed by atoms with Crippen LogP contribution in [0.3, 0.4) is 0 Å². The number of amides is 1. The molecule has 9 nitrogen and oxygen atoms in total. The highest BCUT2D eigenvalue weighted by atomic mass is 16.5. The number of benzene rings is 4. The lowest BCUT2D eigenvalue weighted by Crippen LogP contribution is -2.37. The Bertz CT molecular complexity index is 1980. The molecule has 0 bridgehead atoms. The van der Waals surface area contributed by atoms with Gasteiger partial charge in [-0.3, -0.25) is 4.79 Å². The number of carbonyl (C=O) groups is 1. The van der Waals surface area contributed by atoms with Crippen molar-refractivity contribution in [3.05, 3.63) is 162 Å². The van der Waals surface area contributed by atoms with E-state index in [4.69, 9.17) is 9.47 Å². The lowest BCUT2D eigenvalue weighted by molar-refractivity contribution is -0.0307. The van der Waals surface area contributed by atoms with Crippen LogP contribution in [0, 0.1) is 5.92 Å². The van der Waals surface area contributed by atoms with E-state index < -0.39 is 11.7 Å². The Morgan fingerprint density at radius 3 is 2.08 bits per heavy atom. The second kappa shape index (κ2) is 13.6. The van der Waals surface area contributed by atoms with E-state index in [2.05, 4.69) is 50.6 Å². The van der Waals surface area contributed by atoms with Crippen LogP contribution in [0.2, 0.25) is 0 Å². The Balaban J connectivity index is 1.16. The van der Waals surface area contributed by atoms with E-state index in [1.807, 2.05) is 77.4 Å². The predicted molar refractivity (Wildman–Crippen MR) is 184 cm³/mol. The largest absolute Gasteiger partial charge is 0.497 e. The Labute approximate surface area is 278 Å². The van der Waals surface area contributed by atoms with Crippen molar-refractivity contribution in [2.75, 3.05) is 19.0 Å². The summed E-state index contributed by atoms with van der Waals surface area (Å²) in [6.45, 7) is 0.267. The third kappa shape index (κ3) is 5.97. The molecular formula is C39H35N5O4. The Morgan fingerprint density at radius 2 is 1.46 bits per heavy atom. The summed E-state index contributed by atoms with van der Waals surface area (Å²) in [4.78, 5) is 26.1. The number of nitrogens with zero attached hydrogens (tertiary/aromatic N) is 4. The fourth-order valence-electron chi connectivity index (χ4n) is 6.37. The molecule has 0 radical (unpaired) electrons. The average Bonchev–Trinajstić information content (AvgIpc) is 3.59. The van der Waals surface area contributed by atoms with Crippen LogP contribution in [-0.2, 0) is 10.3 Å². The van der Waals surface area contributed by atoms with E-state index in [1.165, 1.54) is 6.33 Å². The number of rotatable bonds is 10. The van der Waals surface area contributed by atoms with Crippen molar-refractivity contribution >= 4 is 22.9 Å². The number of hydrogen-bond donors (Lipinski definition) is 2. The van der Waals surface area contributed by atoms with Gasteiger partial charge in [-0.25, -0.2) is 15.0 Å². The lowest BCUT2D eigenvalue weighted by Gasteiger charge is -2.38. The molecule has 7 rings (SSSR count). The molecule has 0 aliphatic heterocycles. The van der Waals surface area contributed by atoms with Gasteiger partial charge >= 0.3 is 0 Å². The summed E-state index contributed by atoms with van der Waals surface area (Å²) >= 11 is 0. The number of methoxy groups -OCH3 is 1. The van der Waals surface area contributed by atoms with Gasteiger partial charge in [-0.2, -0.15) is 0 Å². The zero-order valence-corrected chi connectivity index (χ0v) is 26.4.